The van der Waals surface area contributed by atoms with E-state index >= 15 is 0 Å². The molecule has 22 heavy (non-hydrogen) atoms. The third kappa shape index (κ3) is 2.48. The van der Waals surface area contributed by atoms with E-state index in [0.717, 1.165) is 18.5 Å². The molecule has 7 N–H and O–H groups in total. The van der Waals surface area contributed by atoms with Gasteiger partial charge in [0.2, 0.25) is 0 Å². The summed E-state index contributed by atoms with van der Waals surface area (Å²) >= 11 is 0. The first kappa shape index (κ1) is 14.0. The van der Waals surface area contributed by atoms with Crippen LogP contribution in [0.2, 0.25) is 0 Å². The van der Waals surface area contributed by atoms with Crippen LogP contribution in [0.5, 0.6) is 0 Å². The van der Waals surface area contributed by atoms with Crippen molar-refractivity contribution in [2.24, 2.45) is 0 Å². The van der Waals surface area contributed by atoms with Crippen LogP contribution in [0.15, 0.2) is 12.4 Å². The van der Waals surface area contributed by atoms with Gasteiger partial charge in [-0.25, -0.2) is 9.97 Å². The molecule has 2 aromatic heterocycles. The Hall–Kier alpha value is -2.97. The van der Waals surface area contributed by atoms with Crippen LogP contribution in [0, 0.1) is 5.41 Å². The number of nitrogens with one attached hydrogen (secondary N) is 3. The Morgan fingerprint density at radius 3 is 2.59 bits per heavy atom. The summed E-state index contributed by atoms with van der Waals surface area (Å²) in [6.45, 7) is 0. The molecule has 1 amide bonds. The zero-order chi connectivity index (χ0) is 15.7. The maximum atomic E-state index is 12.1. The molecule has 0 aliphatic heterocycles. The molecule has 1 saturated carbocycles. The molecule has 1 aliphatic carbocycles. The second kappa shape index (κ2) is 5.43. The van der Waals surface area contributed by atoms with E-state index in [0.29, 0.717) is 11.7 Å². The molecule has 2 heterocycles. The van der Waals surface area contributed by atoms with Crippen molar-refractivity contribution >= 4 is 29.1 Å². The Morgan fingerprint density at radius 1 is 1.32 bits per heavy atom. The van der Waals surface area contributed by atoms with Crippen LogP contribution in [-0.2, 0) is 4.79 Å². The van der Waals surface area contributed by atoms with Gasteiger partial charge in [0.1, 0.15) is 29.5 Å². The number of nitrogens with zero attached hydrogens (tertiary/aromatic N) is 3. The number of carbonyl (C=O) groups excluding carboxylic acids is 1. The summed E-state index contributed by atoms with van der Waals surface area (Å²) in [5, 5.41) is 17.4. The predicted molar refractivity (Wildman–Crippen MR) is 81.5 cm³/mol. The van der Waals surface area contributed by atoms with Crippen LogP contribution < -0.4 is 16.8 Å². The van der Waals surface area contributed by atoms with Gasteiger partial charge in [0.05, 0.1) is 11.3 Å². The largest absolute Gasteiger partial charge is 0.383 e. The minimum absolute atomic E-state index is 0.00702. The first-order chi connectivity index (χ1) is 10.6. The van der Waals surface area contributed by atoms with Crippen LogP contribution in [0.4, 0.5) is 17.5 Å². The maximum absolute atomic E-state index is 12.1. The van der Waals surface area contributed by atoms with Gasteiger partial charge in [0.25, 0.3) is 5.91 Å². The average Bonchev–Trinajstić information content (AvgIpc) is 2.84. The van der Waals surface area contributed by atoms with Crippen molar-refractivity contribution in [3.05, 3.63) is 23.7 Å². The Labute approximate surface area is 126 Å². The Bertz CT molecular complexity index is 713. The predicted octanol–water partition coefficient (Wildman–Crippen LogP) is 0.638. The van der Waals surface area contributed by atoms with Crippen LogP contribution >= 0.6 is 0 Å². The average molecular weight is 300 g/mol. The third-order valence-corrected chi connectivity index (χ3v) is 3.75. The van der Waals surface area contributed by atoms with E-state index in [1.807, 2.05) is 0 Å². The molecule has 0 bridgehead atoms. The van der Waals surface area contributed by atoms with E-state index in [9.17, 15) is 4.79 Å². The lowest BCUT2D eigenvalue weighted by Crippen LogP contribution is -2.25. The highest BCUT2D eigenvalue weighted by atomic mass is 16.1. The molecule has 0 atom stereocenters. The van der Waals surface area contributed by atoms with E-state index in [2.05, 4.69) is 25.5 Å². The number of aromatic nitrogens is 4. The van der Waals surface area contributed by atoms with E-state index in [1.165, 1.54) is 12.7 Å². The van der Waals surface area contributed by atoms with Gasteiger partial charge >= 0.3 is 0 Å². The summed E-state index contributed by atoms with van der Waals surface area (Å²) in [5.74, 6) is 0.220. The molecule has 9 heteroatoms. The number of anilines is 3. The number of aromatic amines is 1. The van der Waals surface area contributed by atoms with Crippen LogP contribution in [-0.4, -0.2) is 31.8 Å². The molecule has 1 aliphatic rings. The molecule has 0 aromatic carbocycles. The van der Waals surface area contributed by atoms with Gasteiger partial charge in [-0.1, -0.05) is 6.42 Å². The zero-order valence-corrected chi connectivity index (χ0v) is 11.8. The minimum atomic E-state index is -0.656. The summed E-state index contributed by atoms with van der Waals surface area (Å²) < 4.78 is 0. The smallest absolute Gasteiger partial charge is 0.275 e. The Morgan fingerprint density at radius 2 is 2.00 bits per heavy atom. The SMILES string of the molecule is N=C(C(=O)Nc1cc(C2CCC2)n[nH]1)c1c(N)ncnc1N. The normalized spacial score (nSPS) is 14.4. The summed E-state index contributed by atoms with van der Waals surface area (Å²) in [4.78, 5) is 19.6. The number of nitrogen functional groups attached to an aromatic ring is 2. The topological polar surface area (TPSA) is 159 Å². The molecule has 0 radical (unpaired) electrons. The number of H-pyrrole nitrogens is 1. The molecule has 1 fully saturated rings. The minimum Gasteiger partial charge on any atom is -0.383 e. The maximum Gasteiger partial charge on any atom is 0.275 e. The number of hydrogen-bond donors (Lipinski definition) is 5. The van der Waals surface area contributed by atoms with E-state index < -0.39 is 11.6 Å². The van der Waals surface area contributed by atoms with Crippen molar-refractivity contribution in [2.75, 3.05) is 16.8 Å². The van der Waals surface area contributed by atoms with Gasteiger partial charge in [0.15, 0.2) is 0 Å². The molecule has 114 valence electrons. The molecule has 2 aromatic rings. The third-order valence-electron chi connectivity index (χ3n) is 3.75. The van der Waals surface area contributed by atoms with Crippen molar-refractivity contribution in [2.45, 2.75) is 25.2 Å². The van der Waals surface area contributed by atoms with Gasteiger partial charge in [-0.15, -0.1) is 0 Å². The second-order valence-corrected chi connectivity index (χ2v) is 5.18. The molecule has 0 spiro atoms. The highest BCUT2D eigenvalue weighted by Crippen LogP contribution is 2.35. The highest BCUT2D eigenvalue weighted by Gasteiger charge is 2.23. The Kier molecular flexibility index (Phi) is 3.45. The number of nitrogens with two attached hydrogens (primary N) is 2. The van der Waals surface area contributed by atoms with Crippen molar-refractivity contribution in [3.63, 3.8) is 0 Å². The molecule has 9 nitrogen and oxygen atoms in total. The van der Waals surface area contributed by atoms with Crippen molar-refractivity contribution in [3.8, 4) is 0 Å². The number of rotatable bonds is 4. The summed E-state index contributed by atoms with van der Waals surface area (Å²) in [6, 6.07) is 1.78. The first-order valence-electron chi connectivity index (χ1n) is 6.87. The summed E-state index contributed by atoms with van der Waals surface area (Å²) in [6.07, 6.45) is 4.61. The van der Waals surface area contributed by atoms with Crippen LogP contribution in [0.25, 0.3) is 0 Å². The summed E-state index contributed by atoms with van der Waals surface area (Å²) in [5.41, 5.74) is 11.9. The fourth-order valence-corrected chi connectivity index (χ4v) is 2.28. The molecule has 0 saturated heterocycles. The second-order valence-electron chi connectivity index (χ2n) is 5.18. The number of carbonyl (C=O) groups is 1. The first-order valence-corrected chi connectivity index (χ1v) is 6.87. The van der Waals surface area contributed by atoms with Crippen molar-refractivity contribution < 1.29 is 4.79 Å². The van der Waals surface area contributed by atoms with Crippen molar-refractivity contribution in [1.29, 1.82) is 5.41 Å². The highest BCUT2D eigenvalue weighted by molar-refractivity contribution is 6.49. The van der Waals surface area contributed by atoms with Crippen LogP contribution in [0.3, 0.4) is 0 Å². The number of amides is 1. The Balaban J connectivity index is 1.73. The fraction of sp³-hybridized carbons (Fsp3) is 0.308. The van der Waals surface area contributed by atoms with E-state index in [4.69, 9.17) is 16.9 Å². The molecule has 0 unspecified atom stereocenters. The van der Waals surface area contributed by atoms with E-state index in [1.54, 1.807) is 6.07 Å². The van der Waals surface area contributed by atoms with Crippen LogP contribution in [0.1, 0.15) is 36.4 Å². The van der Waals surface area contributed by atoms with Gasteiger partial charge < -0.3 is 16.8 Å². The van der Waals surface area contributed by atoms with Gasteiger partial charge in [0, 0.05) is 12.0 Å². The molecular weight excluding hydrogens is 284 g/mol. The molecular formula is C13H16N8O. The standard InChI is InChI=1S/C13H16N8O/c14-10(9-11(15)17-5-18-12(9)16)13(22)19-8-4-7(20-21-8)6-2-1-3-6/h4-6,14H,1-3H2,(H4,15,16,17,18)(H2,19,20,21,22). The number of hydrogen-bond acceptors (Lipinski definition) is 7. The van der Waals surface area contributed by atoms with E-state index in [-0.39, 0.29) is 17.2 Å². The monoisotopic (exact) mass is 300 g/mol. The van der Waals surface area contributed by atoms with Gasteiger partial charge in [-0.3, -0.25) is 15.3 Å². The summed E-state index contributed by atoms with van der Waals surface area (Å²) in [7, 11) is 0. The zero-order valence-electron chi connectivity index (χ0n) is 11.8. The van der Waals surface area contributed by atoms with Gasteiger partial charge in [-0.2, -0.15) is 5.10 Å². The lowest BCUT2D eigenvalue weighted by atomic mass is 9.83. The van der Waals surface area contributed by atoms with Gasteiger partial charge in [-0.05, 0) is 12.8 Å². The van der Waals surface area contributed by atoms with Crippen molar-refractivity contribution in [1.82, 2.24) is 20.2 Å². The quantitative estimate of drug-likeness (QED) is 0.521. The fourth-order valence-electron chi connectivity index (χ4n) is 2.28. The lowest BCUT2D eigenvalue weighted by Gasteiger charge is -2.22. The molecule has 3 rings (SSSR count). The lowest BCUT2D eigenvalue weighted by molar-refractivity contribution is -0.110.